The van der Waals surface area contributed by atoms with E-state index in [0.29, 0.717) is 17.5 Å². The van der Waals surface area contributed by atoms with Crippen LogP contribution in [0.15, 0.2) is 12.1 Å². The third-order valence-electron chi connectivity index (χ3n) is 2.85. The Labute approximate surface area is 115 Å². The number of hydrogen-bond acceptors (Lipinski definition) is 3. The maximum atomic E-state index is 11.4. The number of carbonyl (C=O) groups is 1. The van der Waals surface area contributed by atoms with Crippen molar-refractivity contribution in [1.29, 1.82) is 0 Å². The highest BCUT2D eigenvalue weighted by molar-refractivity contribution is 7.78. The van der Waals surface area contributed by atoms with Gasteiger partial charge in [-0.05, 0) is 46.7 Å². The minimum Gasteiger partial charge on any atom is -0.772 e. The lowest BCUT2D eigenvalue weighted by atomic mass is 9.92. The molecule has 3 nitrogen and oxygen atoms in total. The number of halogens is 1. The Hall–Kier alpha value is -0.710. The average Bonchev–Trinajstić information content (AvgIpc) is 2.27. The zero-order valence-electron chi connectivity index (χ0n) is 10.7. The summed E-state index contributed by atoms with van der Waals surface area (Å²) in [6.07, 6.45) is 0.689. The summed E-state index contributed by atoms with van der Waals surface area (Å²) < 4.78 is 21.7. The number of rotatable bonds is 5. The highest BCUT2D eigenvalue weighted by atomic mass is 35.5. The normalized spacial score (nSPS) is 12.8. The molecule has 1 aromatic rings. The van der Waals surface area contributed by atoms with Gasteiger partial charge in [-0.2, -0.15) is 0 Å². The minimum absolute atomic E-state index is 0.0886. The van der Waals surface area contributed by atoms with Gasteiger partial charge in [-0.15, -0.1) is 0 Å². The SMILES string of the molecule is CCc1cc(C(C)C)c(CS(=O)[O-])cc1C(=O)Cl. The van der Waals surface area contributed by atoms with Crippen molar-refractivity contribution in [2.75, 3.05) is 0 Å². The maximum Gasteiger partial charge on any atom is 0.252 e. The molecule has 1 rings (SSSR count). The first-order chi connectivity index (χ1) is 8.36. The van der Waals surface area contributed by atoms with Crippen LogP contribution in [0.2, 0.25) is 0 Å². The van der Waals surface area contributed by atoms with Gasteiger partial charge in [0.1, 0.15) is 0 Å². The zero-order chi connectivity index (χ0) is 13.9. The number of hydrogen-bond donors (Lipinski definition) is 0. The van der Waals surface area contributed by atoms with Crippen LogP contribution >= 0.6 is 11.6 Å². The van der Waals surface area contributed by atoms with Crippen molar-refractivity contribution in [3.63, 3.8) is 0 Å². The summed E-state index contributed by atoms with van der Waals surface area (Å²) >= 11 is 3.36. The molecule has 1 atom stereocenters. The smallest absolute Gasteiger partial charge is 0.252 e. The number of aryl methyl sites for hydroxylation is 1. The van der Waals surface area contributed by atoms with E-state index in [0.717, 1.165) is 11.1 Å². The van der Waals surface area contributed by atoms with Crippen LogP contribution in [0, 0.1) is 0 Å². The Morgan fingerprint density at radius 1 is 1.39 bits per heavy atom. The molecular formula is C13H16ClO3S-. The largest absolute Gasteiger partial charge is 0.772 e. The Kier molecular flexibility index (Phi) is 5.50. The van der Waals surface area contributed by atoms with E-state index in [1.807, 2.05) is 26.8 Å². The van der Waals surface area contributed by atoms with Crippen LogP contribution in [0.3, 0.4) is 0 Å². The predicted molar refractivity (Wildman–Crippen MR) is 72.7 cm³/mol. The van der Waals surface area contributed by atoms with E-state index in [1.54, 1.807) is 6.07 Å². The first-order valence-corrected chi connectivity index (χ1v) is 7.40. The van der Waals surface area contributed by atoms with Gasteiger partial charge in [-0.25, -0.2) is 0 Å². The standard InChI is InChI=1S/C13H17ClO3S/c1-4-9-5-11(8(2)3)10(7-18(16)17)6-12(9)13(14)15/h5-6,8H,4,7H2,1-3H3,(H,16,17)/p-1. The minimum atomic E-state index is -2.18. The van der Waals surface area contributed by atoms with Crippen molar-refractivity contribution in [3.05, 3.63) is 34.4 Å². The second kappa shape index (κ2) is 6.45. The molecule has 0 saturated carbocycles. The molecule has 0 saturated heterocycles. The van der Waals surface area contributed by atoms with Crippen molar-refractivity contribution in [2.24, 2.45) is 0 Å². The maximum absolute atomic E-state index is 11.4. The lowest BCUT2D eigenvalue weighted by molar-refractivity contribution is 0.108. The summed E-state index contributed by atoms with van der Waals surface area (Å²) in [5.74, 6) is 0.114. The molecule has 0 amide bonds. The quantitative estimate of drug-likeness (QED) is 0.617. The monoisotopic (exact) mass is 287 g/mol. The van der Waals surface area contributed by atoms with Crippen LogP contribution in [0.5, 0.6) is 0 Å². The summed E-state index contributed by atoms with van der Waals surface area (Å²) in [5.41, 5.74) is 2.88. The molecule has 1 unspecified atom stereocenters. The Morgan fingerprint density at radius 3 is 2.39 bits per heavy atom. The Morgan fingerprint density at radius 2 is 2.00 bits per heavy atom. The van der Waals surface area contributed by atoms with E-state index in [9.17, 15) is 13.6 Å². The first kappa shape index (κ1) is 15.3. The van der Waals surface area contributed by atoms with Gasteiger partial charge in [-0.3, -0.25) is 9.00 Å². The van der Waals surface area contributed by atoms with E-state index in [-0.39, 0.29) is 11.7 Å². The second-order valence-corrected chi connectivity index (χ2v) is 5.68. The second-order valence-electron chi connectivity index (χ2n) is 4.44. The number of carbonyl (C=O) groups excluding carboxylic acids is 1. The summed E-state index contributed by atoms with van der Waals surface area (Å²) in [5, 5.41) is -0.542. The molecule has 18 heavy (non-hydrogen) atoms. The van der Waals surface area contributed by atoms with Crippen molar-refractivity contribution in [3.8, 4) is 0 Å². The molecule has 0 aliphatic rings. The van der Waals surface area contributed by atoms with Gasteiger partial charge >= 0.3 is 0 Å². The Bertz CT molecular complexity index is 483. The molecule has 1 aromatic carbocycles. The molecule has 0 aliphatic heterocycles. The molecule has 0 aliphatic carbocycles. The third-order valence-corrected chi connectivity index (χ3v) is 3.60. The van der Waals surface area contributed by atoms with Crippen LogP contribution in [0.1, 0.15) is 53.7 Å². The van der Waals surface area contributed by atoms with Gasteiger partial charge in [0.25, 0.3) is 5.24 Å². The third kappa shape index (κ3) is 3.64. The highest BCUT2D eigenvalue weighted by Gasteiger charge is 2.15. The predicted octanol–water partition coefficient (Wildman–Crippen LogP) is 3.13. The topological polar surface area (TPSA) is 57.2 Å². The van der Waals surface area contributed by atoms with Crippen molar-refractivity contribution in [1.82, 2.24) is 0 Å². The molecule has 5 heteroatoms. The van der Waals surface area contributed by atoms with Crippen molar-refractivity contribution in [2.45, 2.75) is 38.9 Å². The summed E-state index contributed by atoms with van der Waals surface area (Å²) in [4.78, 5) is 11.4. The number of benzene rings is 1. The molecular weight excluding hydrogens is 272 g/mol. The lowest BCUT2D eigenvalue weighted by Gasteiger charge is -2.17. The van der Waals surface area contributed by atoms with Gasteiger partial charge in [0, 0.05) is 11.3 Å². The highest BCUT2D eigenvalue weighted by Crippen LogP contribution is 2.26. The fourth-order valence-corrected chi connectivity index (χ4v) is 2.65. The van der Waals surface area contributed by atoms with Crippen molar-refractivity contribution < 1.29 is 13.6 Å². The van der Waals surface area contributed by atoms with Crippen LogP contribution in [-0.4, -0.2) is 14.0 Å². The van der Waals surface area contributed by atoms with Crippen LogP contribution in [0.25, 0.3) is 0 Å². The van der Waals surface area contributed by atoms with E-state index in [4.69, 9.17) is 11.6 Å². The van der Waals surface area contributed by atoms with Gasteiger partial charge < -0.3 is 4.55 Å². The molecule has 0 spiro atoms. The van der Waals surface area contributed by atoms with Crippen molar-refractivity contribution >= 4 is 27.9 Å². The van der Waals surface area contributed by atoms with Gasteiger partial charge in [-0.1, -0.05) is 37.9 Å². The molecule has 0 fully saturated rings. The molecule has 0 N–H and O–H groups in total. The summed E-state index contributed by atoms with van der Waals surface area (Å²) in [7, 11) is 0. The van der Waals surface area contributed by atoms with E-state index in [2.05, 4.69) is 0 Å². The van der Waals surface area contributed by atoms with Crippen LogP contribution in [-0.2, 0) is 23.3 Å². The fourth-order valence-electron chi connectivity index (χ4n) is 1.97. The van der Waals surface area contributed by atoms with E-state index < -0.39 is 16.3 Å². The van der Waals surface area contributed by atoms with Crippen LogP contribution < -0.4 is 0 Å². The lowest BCUT2D eigenvalue weighted by Crippen LogP contribution is -2.06. The van der Waals surface area contributed by atoms with Gasteiger partial charge in [0.15, 0.2) is 0 Å². The van der Waals surface area contributed by atoms with Gasteiger partial charge in [0.2, 0.25) is 0 Å². The van der Waals surface area contributed by atoms with E-state index in [1.165, 1.54) is 0 Å². The van der Waals surface area contributed by atoms with Gasteiger partial charge in [0.05, 0.1) is 0 Å². The van der Waals surface area contributed by atoms with Crippen LogP contribution in [0.4, 0.5) is 0 Å². The molecule has 0 heterocycles. The summed E-state index contributed by atoms with van der Waals surface area (Å²) in [6, 6.07) is 3.50. The Balaban J connectivity index is 3.41. The molecule has 0 bridgehead atoms. The fraction of sp³-hybridized carbons (Fsp3) is 0.462. The first-order valence-electron chi connectivity index (χ1n) is 5.78. The zero-order valence-corrected chi connectivity index (χ0v) is 12.2. The molecule has 0 aromatic heterocycles. The molecule has 0 radical (unpaired) electrons. The summed E-state index contributed by atoms with van der Waals surface area (Å²) in [6.45, 7) is 5.93. The molecule has 100 valence electrons. The average molecular weight is 288 g/mol. The van der Waals surface area contributed by atoms with E-state index >= 15 is 0 Å².